The summed E-state index contributed by atoms with van der Waals surface area (Å²) in [6.45, 7) is 2.37. The third-order valence-corrected chi connectivity index (χ3v) is 4.22. The number of para-hydroxylation sites is 1. The quantitative estimate of drug-likeness (QED) is 0.797. The standard InChI is InChI=1S/C17H23NO5/c1-17(8-5-9-23-17)16(21)18-11-13(15(19)20)10-12-6-3-4-7-14(12)22-2/h3-4,6-7,13H,5,8-11H2,1-2H3,(H,18,21)(H,19,20). The van der Waals surface area contributed by atoms with Gasteiger partial charge in [-0.15, -0.1) is 0 Å². The number of amides is 1. The Morgan fingerprint density at radius 2 is 2.17 bits per heavy atom. The van der Waals surface area contributed by atoms with Crippen LogP contribution in [0.5, 0.6) is 5.75 Å². The highest BCUT2D eigenvalue weighted by Crippen LogP contribution is 2.25. The van der Waals surface area contributed by atoms with Crippen LogP contribution in [0.3, 0.4) is 0 Å². The van der Waals surface area contributed by atoms with Crippen LogP contribution in [0.25, 0.3) is 0 Å². The highest BCUT2D eigenvalue weighted by atomic mass is 16.5. The van der Waals surface area contributed by atoms with E-state index in [0.717, 1.165) is 12.0 Å². The Morgan fingerprint density at radius 1 is 1.43 bits per heavy atom. The van der Waals surface area contributed by atoms with Gasteiger partial charge in [0.2, 0.25) is 0 Å². The zero-order valence-electron chi connectivity index (χ0n) is 13.5. The molecule has 6 nitrogen and oxygen atoms in total. The Labute approximate surface area is 135 Å². The van der Waals surface area contributed by atoms with Gasteiger partial charge < -0.3 is 19.9 Å². The van der Waals surface area contributed by atoms with Gasteiger partial charge in [0.25, 0.3) is 5.91 Å². The van der Waals surface area contributed by atoms with Crippen LogP contribution in [-0.4, -0.2) is 42.8 Å². The Hall–Kier alpha value is -2.08. The predicted molar refractivity (Wildman–Crippen MR) is 84.4 cm³/mol. The lowest BCUT2D eigenvalue weighted by atomic mass is 9.97. The third kappa shape index (κ3) is 4.22. The molecule has 2 unspecified atom stereocenters. The summed E-state index contributed by atoms with van der Waals surface area (Å²) in [4.78, 5) is 23.7. The summed E-state index contributed by atoms with van der Waals surface area (Å²) in [5.74, 6) is -1.27. The van der Waals surface area contributed by atoms with Gasteiger partial charge in [-0.1, -0.05) is 18.2 Å². The largest absolute Gasteiger partial charge is 0.496 e. The van der Waals surface area contributed by atoms with E-state index >= 15 is 0 Å². The second kappa shape index (κ2) is 7.46. The van der Waals surface area contributed by atoms with Gasteiger partial charge >= 0.3 is 5.97 Å². The van der Waals surface area contributed by atoms with E-state index in [0.29, 0.717) is 18.8 Å². The normalized spacial score (nSPS) is 21.7. The van der Waals surface area contributed by atoms with Crippen LogP contribution in [-0.2, 0) is 20.7 Å². The first-order valence-corrected chi connectivity index (χ1v) is 7.73. The molecule has 1 aromatic carbocycles. The summed E-state index contributed by atoms with van der Waals surface area (Å²) >= 11 is 0. The number of benzene rings is 1. The number of methoxy groups -OCH3 is 1. The summed E-state index contributed by atoms with van der Waals surface area (Å²) in [6, 6.07) is 7.29. The minimum atomic E-state index is -0.950. The number of hydrogen-bond acceptors (Lipinski definition) is 4. The van der Waals surface area contributed by atoms with E-state index in [-0.39, 0.29) is 18.9 Å². The molecule has 1 amide bonds. The SMILES string of the molecule is COc1ccccc1CC(CNC(=O)C1(C)CCCO1)C(=O)O. The van der Waals surface area contributed by atoms with Gasteiger partial charge in [0, 0.05) is 13.2 Å². The molecule has 0 aromatic heterocycles. The summed E-state index contributed by atoms with van der Waals surface area (Å²) < 4.78 is 10.7. The second-order valence-electron chi connectivity index (χ2n) is 5.94. The molecule has 0 saturated carbocycles. The summed E-state index contributed by atoms with van der Waals surface area (Å²) in [6.07, 6.45) is 1.79. The molecule has 1 aliphatic rings. The fourth-order valence-corrected chi connectivity index (χ4v) is 2.74. The van der Waals surface area contributed by atoms with E-state index in [1.807, 2.05) is 18.2 Å². The van der Waals surface area contributed by atoms with E-state index in [2.05, 4.69) is 5.32 Å². The van der Waals surface area contributed by atoms with Crippen LogP contribution in [0, 0.1) is 5.92 Å². The molecule has 1 aliphatic heterocycles. The highest BCUT2D eigenvalue weighted by Gasteiger charge is 2.38. The zero-order valence-corrected chi connectivity index (χ0v) is 13.5. The number of carbonyl (C=O) groups is 2. The molecule has 1 heterocycles. The molecule has 2 atom stereocenters. The molecular formula is C17H23NO5. The van der Waals surface area contributed by atoms with Crippen molar-refractivity contribution in [1.29, 1.82) is 0 Å². The lowest BCUT2D eigenvalue weighted by molar-refractivity contribution is -0.143. The van der Waals surface area contributed by atoms with Crippen molar-refractivity contribution in [3.8, 4) is 5.75 Å². The van der Waals surface area contributed by atoms with Crippen molar-refractivity contribution in [1.82, 2.24) is 5.32 Å². The lowest BCUT2D eigenvalue weighted by Gasteiger charge is -2.23. The van der Waals surface area contributed by atoms with E-state index in [1.54, 1.807) is 20.1 Å². The lowest BCUT2D eigenvalue weighted by Crippen LogP contribution is -2.46. The maximum Gasteiger partial charge on any atom is 0.308 e. The van der Waals surface area contributed by atoms with Gasteiger partial charge in [-0.25, -0.2) is 0 Å². The molecular weight excluding hydrogens is 298 g/mol. The molecule has 0 spiro atoms. The van der Waals surface area contributed by atoms with Crippen molar-refractivity contribution in [2.75, 3.05) is 20.3 Å². The van der Waals surface area contributed by atoms with Gasteiger partial charge in [0.15, 0.2) is 0 Å². The molecule has 0 radical (unpaired) electrons. The minimum absolute atomic E-state index is 0.0607. The number of carbonyl (C=O) groups excluding carboxylic acids is 1. The second-order valence-corrected chi connectivity index (χ2v) is 5.94. The maximum atomic E-state index is 12.2. The van der Waals surface area contributed by atoms with Gasteiger partial charge in [-0.05, 0) is 37.8 Å². The maximum absolute atomic E-state index is 12.2. The topological polar surface area (TPSA) is 84.9 Å². The van der Waals surface area contributed by atoms with Crippen molar-refractivity contribution in [3.05, 3.63) is 29.8 Å². The van der Waals surface area contributed by atoms with Crippen LogP contribution in [0.4, 0.5) is 0 Å². The van der Waals surface area contributed by atoms with Crippen molar-refractivity contribution < 1.29 is 24.2 Å². The fourth-order valence-electron chi connectivity index (χ4n) is 2.74. The molecule has 23 heavy (non-hydrogen) atoms. The highest BCUT2D eigenvalue weighted by molar-refractivity contribution is 5.85. The number of rotatable bonds is 7. The molecule has 6 heteroatoms. The first-order chi connectivity index (χ1) is 11.0. The van der Waals surface area contributed by atoms with Gasteiger partial charge in [0.1, 0.15) is 11.4 Å². The average molecular weight is 321 g/mol. The van der Waals surface area contributed by atoms with Crippen LogP contribution in [0.1, 0.15) is 25.3 Å². The zero-order chi connectivity index (χ0) is 16.9. The van der Waals surface area contributed by atoms with Crippen LogP contribution >= 0.6 is 0 Å². The fraction of sp³-hybridized carbons (Fsp3) is 0.529. The number of carboxylic acid groups (broad SMARTS) is 1. The van der Waals surface area contributed by atoms with Gasteiger partial charge in [-0.3, -0.25) is 9.59 Å². The smallest absolute Gasteiger partial charge is 0.308 e. The predicted octanol–water partition coefficient (Wildman–Crippen LogP) is 1.62. The van der Waals surface area contributed by atoms with E-state index in [1.165, 1.54) is 0 Å². The Balaban J connectivity index is 1.99. The van der Waals surface area contributed by atoms with Crippen molar-refractivity contribution in [3.63, 3.8) is 0 Å². The summed E-state index contributed by atoms with van der Waals surface area (Å²) in [5.41, 5.74) is -0.0343. The first-order valence-electron chi connectivity index (χ1n) is 7.73. The molecule has 2 rings (SSSR count). The number of ether oxygens (including phenoxy) is 2. The minimum Gasteiger partial charge on any atom is -0.496 e. The molecule has 0 bridgehead atoms. The monoisotopic (exact) mass is 321 g/mol. The molecule has 126 valence electrons. The molecule has 1 aromatic rings. The number of hydrogen-bond donors (Lipinski definition) is 2. The molecule has 2 N–H and O–H groups in total. The Bertz CT molecular complexity index is 566. The van der Waals surface area contributed by atoms with Crippen molar-refractivity contribution in [2.45, 2.75) is 31.8 Å². The van der Waals surface area contributed by atoms with Crippen LogP contribution in [0.15, 0.2) is 24.3 Å². The Morgan fingerprint density at radius 3 is 2.78 bits per heavy atom. The number of aliphatic carboxylic acids is 1. The average Bonchev–Trinajstić information content (AvgIpc) is 2.99. The van der Waals surface area contributed by atoms with Gasteiger partial charge in [0.05, 0.1) is 13.0 Å². The molecule has 0 aliphatic carbocycles. The molecule has 1 fully saturated rings. The van der Waals surface area contributed by atoms with E-state index in [9.17, 15) is 14.7 Å². The molecule has 1 saturated heterocycles. The van der Waals surface area contributed by atoms with E-state index < -0.39 is 17.5 Å². The Kier molecular flexibility index (Phi) is 5.60. The van der Waals surface area contributed by atoms with Gasteiger partial charge in [-0.2, -0.15) is 0 Å². The summed E-state index contributed by atoms with van der Waals surface area (Å²) in [5, 5.41) is 12.1. The summed E-state index contributed by atoms with van der Waals surface area (Å²) in [7, 11) is 1.55. The third-order valence-electron chi connectivity index (χ3n) is 4.22. The van der Waals surface area contributed by atoms with E-state index in [4.69, 9.17) is 9.47 Å². The van der Waals surface area contributed by atoms with Crippen LogP contribution in [0.2, 0.25) is 0 Å². The first kappa shape index (κ1) is 17.3. The van der Waals surface area contributed by atoms with Crippen molar-refractivity contribution in [2.24, 2.45) is 5.92 Å². The van der Waals surface area contributed by atoms with Crippen molar-refractivity contribution >= 4 is 11.9 Å². The number of nitrogens with one attached hydrogen (secondary N) is 1. The number of carboxylic acids is 1. The van der Waals surface area contributed by atoms with Crippen LogP contribution < -0.4 is 10.1 Å².